The van der Waals surface area contributed by atoms with Gasteiger partial charge in [0.15, 0.2) is 5.76 Å². The zero-order valence-corrected chi connectivity index (χ0v) is 15.4. The Morgan fingerprint density at radius 2 is 2.04 bits per heavy atom. The van der Waals surface area contributed by atoms with Crippen LogP contribution < -0.4 is 5.32 Å². The van der Waals surface area contributed by atoms with Crippen LogP contribution in [0.5, 0.6) is 0 Å². The minimum atomic E-state index is -0.378. The van der Waals surface area contributed by atoms with Gasteiger partial charge in [-0.2, -0.15) is 0 Å². The summed E-state index contributed by atoms with van der Waals surface area (Å²) in [6, 6.07) is 0.289. The number of carbonyl (C=O) groups is 1. The van der Waals surface area contributed by atoms with E-state index in [0.29, 0.717) is 24.2 Å². The first-order chi connectivity index (χ1) is 12.2. The van der Waals surface area contributed by atoms with Gasteiger partial charge in [0.05, 0.1) is 0 Å². The summed E-state index contributed by atoms with van der Waals surface area (Å²) in [5.74, 6) is 1.52. The molecule has 0 radical (unpaired) electrons. The first-order valence-electron chi connectivity index (χ1n) is 10.1. The number of allylic oxidation sites excluding steroid dienone is 1. The molecule has 1 amide bonds. The van der Waals surface area contributed by atoms with Crippen LogP contribution in [0.3, 0.4) is 0 Å². The number of nitrogens with one attached hydrogen (secondary N) is 1. The van der Waals surface area contributed by atoms with Gasteiger partial charge >= 0.3 is 0 Å². The molecule has 2 fully saturated rings. The third-order valence-corrected chi connectivity index (χ3v) is 6.07. The summed E-state index contributed by atoms with van der Waals surface area (Å²) >= 11 is 0. The van der Waals surface area contributed by atoms with Crippen LogP contribution in [0, 0.1) is 17.8 Å². The highest BCUT2D eigenvalue weighted by atomic mass is 16.7. The molecule has 2 aliphatic carbocycles. The van der Waals surface area contributed by atoms with Gasteiger partial charge in [-0.05, 0) is 63.4 Å². The van der Waals surface area contributed by atoms with Gasteiger partial charge in [-0.25, -0.2) is 0 Å². The molecule has 0 aromatic carbocycles. The first-order valence-corrected chi connectivity index (χ1v) is 10.1. The fourth-order valence-electron chi connectivity index (χ4n) is 4.48. The Kier molecular flexibility index (Phi) is 6.77. The average Bonchev–Trinajstić information content (AvgIpc) is 3.05. The molecule has 3 atom stereocenters. The van der Waals surface area contributed by atoms with E-state index in [1.165, 1.54) is 32.1 Å². The van der Waals surface area contributed by atoms with Crippen LogP contribution in [-0.2, 0) is 14.3 Å². The van der Waals surface area contributed by atoms with Gasteiger partial charge in [0.2, 0.25) is 6.29 Å². The number of ether oxygens (including phenoxy) is 2. The Morgan fingerprint density at radius 3 is 2.64 bits per heavy atom. The molecular formula is C20H33NO4. The largest absolute Gasteiger partial charge is 0.459 e. The molecule has 142 valence electrons. The van der Waals surface area contributed by atoms with Gasteiger partial charge in [0, 0.05) is 25.2 Å². The lowest BCUT2D eigenvalue weighted by molar-refractivity contribution is -0.178. The minimum absolute atomic E-state index is 0.0819. The maximum atomic E-state index is 12.7. The van der Waals surface area contributed by atoms with Crippen molar-refractivity contribution in [3.05, 3.63) is 11.8 Å². The van der Waals surface area contributed by atoms with E-state index in [1.807, 2.05) is 6.92 Å². The van der Waals surface area contributed by atoms with Crippen molar-refractivity contribution in [3.8, 4) is 0 Å². The third kappa shape index (κ3) is 4.56. The molecular weight excluding hydrogens is 318 g/mol. The van der Waals surface area contributed by atoms with Gasteiger partial charge in [0.25, 0.3) is 5.91 Å². The molecule has 5 nitrogen and oxygen atoms in total. The van der Waals surface area contributed by atoms with Crippen LogP contribution in [0.2, 0.25) is 0 Å². The van der Waals surface area contributed by atoms with Crippen molar-refractivity contribution in [2.24, 2.45) is 17.8 Å². The van der Waals surface area contributed by atoms with E-state index in [9.17, 15) is 9.90 Å². The highest BCUT2D eigenvalue weighted by Gasteiger charge is 2.42. The van der Waals surface area contributed by atoms with Crippen molar-refractivity contribution in [3.63, 3.8) is 0 Å². The summed E-state index contributed by atoms with van der Waals surface area (Å²) < 4.78 is 11.9. The van der Waals surface area contributed by atoms with E-state index in [2.05, 4.69) is 11.4 Å². The van der Waals surface area contributed by atoms with E-state index in [0.717, 1.165) is 25.7 Å². The third-order valence-electron chi connectivity index (χ3n) is 6.07. The lowest BCUT2D eigenvalue weighted by atomic mass is 9.68. The average molecular weight is 351 g/mol. The lowest BCUT2D eigenvalue weighted by Crippen LogP contribution is -2.44. The van der Waals surface area contributed by atoms with Gasteiger partial charge < -0.3 is 19.9 Å². The maximum Gasteiger partial charge on any atom is 0.286 e. The van der Waals surface area contributed by atoms with E-state index in [4.69, 9.17) is 9.47 Å². The molecule has 1 heterocycles. The molecule has 0 unspecified atom stereocenters. The van der Waals surface area contributed by atoms with Crippen LogP contribution in [0.1, 0.15) is 64.7 Å². The number of hydrogen-bond donors (Lipinski definition) is 2. The van der Waals surface area contributed by atoms with Crippen molar-refractivity contribution >= 4 is 5.91 Å². The number of rotatable bonds is 8. The van der Waals surface area contributed by atoms with E-state index in [-0.39, 0.29) is 30.8 Å². The van der Waals surface area contributed by atoms with E-state index >= 15 is 0 Å². The van der Waals surface area contributed by atoms with Crippen LogP contribution in [0.15, 0.2) is 11.8 Å². The summed E-state index contributed by atoms with van der Waals surface area (Å²) in [5, 5.41) is 12.4. The number of carbonyl (C=O) groups excluding carboxylic acids is 1. The summed E-state index contributed by atoms with van der Waals surface area (Å²) in [6.07, 6.45) is 11.5. The van der Waals surface area contributed by atoms with Gasteiger partial charge in [0.1, 0.15) is 0 Å². The molecule has 25 heavy (non-hydrogen) atoms. The van der Waals surface area contributed by atoms with Gasteiger partial charge in [-0.15, -0.1) is 0 Å². The van der Waals surface area contributed by atoms with Crippen LogP contribution in [0.25, 0.3) is 0 Å². The zero-order chi connectivity index (χ0) is 17.6. The second-order valence-electron chi connectivity index (χ2n) is 7.73. The molecule has 0 spiro atoms. The van der Waals surface area contributed by atoms with Gasteiger partial charge in [-0.3, -0.25) is 4.79 Å². The summed E-state index contributed by atoms with van der Waals surface area (Å²) in [6.45, 7) is 2.71. The van der Waals surface area contributed by atoms with Crippen molar-refractivity contribution < 1.29 is 19.4 Å². The number of aliphatic hydroxyl groups is 1. The Hall–Kier alpha value is -1.07. The summed E-state index contributed by atoms with van der Waals surface area (Å²) in [7, 11) is 0. The molecule has 1 aliphatic heterocycles. The summed E-state index contributed by atoms with van der Waals surface area (Å²) in [4.78, 5) is 12.7. The molecule has 0 aromatic rings. The molecule has 3 aliphatic rings. The standard InChI is InChI=1S/C20H33NO4/c1-2-24-20-16(11-6-12-22)17(14-7-5-8-14)13-18(25-20)19(23)21-15-9-3-4-10-15/h13-17,20,22H,2-12H2,1H3,(H,21,23)/t16-,17+,20+/m1/s1. The fraction of sp³-hybridized carbons (Fsp3) is 0.850. The second kappa shape index (κ2) is 9.04. The number of amides is 1. The first kappa shape index (κ1) is 18.7. The zero-order valence-electron chi connectivity index (χ0n) is 15.4. The van der Waals surface area contributed by atoms with Crippen LogP contribution >= 0.6 is 0 Å². The van der Waals surface area contributed by atoms with Crippen LogP contribution in [0.4, 0.5) is 0 Å². The predicted octanol–water partition coefficient (Wildman–Crippen LogP) is 3.13. The monoisotopic (exact) mass is 351 g/mol. The quantitative estimate of drug-likeness (QED) is 0.705. The van der Waals surface area contributed by atoms with Crippen molar-refractivity contribution in [2.75, 3.05) is 13.2 Å². The number of aliphatic hydroxyl groups excluding tert-OH is 1. The Labute approximate surface area is 151 Å². The van der Waals surface area contributed by atoms with E-state index < -0.39 is 0 Å². The Bertz CT molecular complexity index is 468. The van der Waals surface area contributed by atoms with Crippen LogP contribution in [-0.4, -0.2) is 36.6 Å². The molecule has 0 saturated heterocycles. The lowest BCUT2D eigenvalue weighted by Gasteiger charge is -2.43. The van der Waals surface area contributed by atoms with Crippen molar-refractivity contribution in [2.45, 2.75) is 77.0 Å². The topological polar surface area (TPSA) is 67.8 Å². The molecule has 0 aromatic heterocycles. The van der Waals surface area contributed by atoms with E-state index in [1.54, 1.807) is 0 Å². The normalized spacial score (nSPS) is 30.5. The molecule has 2 saturated carbocycles. The minimum Gasteiger partial charge on any atom is -0.459 e. The van der Waals surface area contributed by atoms with Gasteiger partial charge in [-0.1, -0.05) is 19.3 Å². The van der Waals surface area contributed by atoms with Crippen molar-refractivity contribution in [1.29, 1.82) is 0 Å². The smallest absolute Gasteiger partial charge is 0.286 e. The molecule has 0 bridgehead atoms. The highest BCUT2D eigenvalue weighted by Crippen LogP contribution is 2.44. The second-order valence-corrected chi connectivity index (χ2v) is 7.73. The Balaban J connectivity index is 1.74. The fourth-order valence-corrected chi connectivity index (χ4v) is 4.48. The maximum absolute atomic E-state index is 12.7. The predicted molar refractivity (Wildman–Crippen MR) is 95.6 cm³/mol. The molecule has 3 rings (SSSR count). The highest BCUT2D eigenvalue weighted by molar-refractivity contribution is 5.91. The molecule has 5 heteroatoms. The van der Waals surface area contributed by atoms with Crippen molar-refractivity contribution in [1.82, 2.24) is 5.32 Å². The summed E-state index contributed by atoms with van der Waals surface area (Å²) in [5.41, 5.74) is 0. The SMILES string of the molecule is CCO[C@H]1OC(C(=O)NC2CCCC2)=C[C@@H](C2CCC2)[C@H]1CCCO. The Morgan fingerprint density at radius 1 is 1.28 bits per heavy atom. The molecule has 2 N–H and O–H groups in total. The number of hydrogen-bond acceptors (Lipinski definition) is 4.